The van der Waals surface area contributed by atoms with Crippen molar-refractivity contribution in [1.82, 2.24) is 0 Å². The van der Waals surface area contributed by atoms with E-state index in [9.17, 15) is 4.79 Å². The summed E-state index contributed by atoms with van der Waals surface area (Å²) >= 11 is 0. The van der Waals surface area contributed by atoms with Crippen LogP contribution in [0.2, 0.25) is 0 Å². The average Bonchev–Trinajstić information content (AvgIpc) is 2.29. The first-order valence-electron chi connectivity index (χ1n) is 5.84. The van der Waals surface area contributed by atoms with Crippen molar-refractivity contribution in [3.63, 3.8) is 0 Å². The van der Waals surface area contributed by atoms with Crippen LogP contribution in [0.1, 0.15) is 44.9 Å². The Hall–Kier alpha value is -1.11. The maximum atomic E-state index is 10.8. The Morgan fingerprint density at radius 2 is 2.13 bits per heavy atom. The van der Waals surface area contributed by atoms with Gasteiger partial charge in [0, 0.05) is 5.57 Å². The number of unbranched alkanes of at least 4 members (excludes halogenated alkanes) is 3. The molecule has 0 saturated heterocycles. The Morgan fingerprint density at radius 1 is 1.33 bits per heavy atom. The molecule has 1 aliphatic carbocycles. The Kier molecular flexibility index (Phi) is 5.76. The van der Waals surface area contributed by atoms with Crippen LogP contribution >= 0.6 is 0 Å². The molecule has 0 radical (unpaired) electrons. The largest absolute Gasteiger partial charge is 0.298 e. The molecule has 0 aliphatic heterocycles. The lowest BCUT2D eigenvalue weighted by Crippen LogP contribution is -1.97. The fourth-order valence-electron chi connectivity index (χ4n) is 1.88. The summed E-state index contributed by atoms with van der Waals surface area (Å²) in [7, 11) is 0. The van der Waals surface area contributed by atoms with Crippen molar-refractivity contribution < 1.29 is 4.79 Å². The van der Waals surface area contributed by atoms with Gasteiger partial charge in [0.1, 0.15) is 6.29 Å². The predicted molar refractivity (Wildman–Crippen MR) is 64.7 cm³/mol. The molecule has 1 heteroatoms. The quantitative estimate of drug-likeness (QED) is 0.363. The highest BCUT2D eigenvalue weighted by Crippen LogP contribution is 2.23. The van der Waals surface area contributed by atoms with E-state index >= 15 is 0 Å². The second-order valence-corrected chi connectivity index (χ2v) is 3.97. The molecular weight excluding hydrogens is 184 g/mol. The summed E-state index contributed by atoms with van der Waals surface area (Å²) in [5, 5.41) is 0. The van der Waals surface area contributed by atoms with Gasteiger partial charge in [0.05, 0.1) is 0 Å². The minimum atomic E-state index is 0.921. The third-order valence-corrected chi connectivity index (χ3v) is 2.77. The third-order valence-electron chi connectivity index (χ3n) is 2.77. The van der Waals surface area contributed by atoms with Crippen LogP contribution < -0.4 is 0 Å². The molecular formula is C14H20O. The van der Waals surface area contributed by atoms with Gasteiger partial charge in [-0.05, 0) is 50.5 Å². The number of aldehydes is 1. The van der Waals surface area contributed by atoms with Crippen LogP contribution in [0, 0.1) is 0 Å². The highest BCUT2D eigenvalue weighted by atomic mass is 16.1. The Bertz CT molecular complexity index is 271. The van der Waals surface area contributed by atoms with E-state index in [0.717, 1.165) is 37.5 Å². The van der Waals surface area contributed by atoms with Crippen molar-refractivity contribution in [2.45, 2.75) is 44.9 Å². The zero-order valence-electron chi connectivity index (χ0n) is 9.37. The van der Waals surface area contributed by atoms with E-state index in [1.54, 1.807) is 0 Å². The normalized spacial score (nSPS) is 18.7. The molecule has 0 atom stereocenters. The summed E-state index contributed by atoms with van der Waals surface area (Å²) in [6.07, 6.45) is 15.2. The number of allylic oxidation sites excluding steroid dienone is 5. The lowest BCUT2D eigenvalue weighted by molar-refractivity contribution is -0.104. The molecule has 0 fully saturated rings. The lowest BCUT2D eigenvalue weighted by Gasteiger charge is -2.12. The van der Waals surface area contributed by atoms with Crippen LogP contribution in [0.25, 0.3) is 0 Å². The first-order valence-corrected chi connectivity index (χ1v) is 5.84. The SMILES string of the molecule is C=CCCCC/C=C1\CCCC=C1C=O. The number of carbonyl (C=O) groups excluding carboxylic acids is 1. The fourth-order valence-corrected chi connectivity index (χ4v) is 1.88. The van der Waals surface area contributed by atoms with Gasteiger partial charge in [-0.3, -0.25) is 4.79 Å². The minimum absolute atomic E-state index is 0.921. The molecule has 0 aromatic rings. The molecule has 0 aromatic carbocycles. The van der Waals surface area contributed by atoms with Gasteiger partial charge in [-0.15, -0.1) is 6.58 Å². The molecule has 0 spiro atoms. The van der Waals surface area contributed by atoms with Crippen molar-refractivity contribution in [1.29, 1.82) is 0 Å². The topological polar surface area (TPSA) is 17.1 Å². The van der Waals surface area contributed by atoms with Gasteiger partial charge >= 0.3 is 0 Å². The monoisotopic (exact) mass is 204 g/mol. The first-order chi connectivity index (χ1) is 7.38. The first kappa shape index (κ1) is 12.0. The molecule has 0 saturated carbocycles. The highest BCUT2D eigenvalue weighted by molar-refractivity contribution is 5.80. The van der Waals surface area contributed by atoms with Gasteiger partial charge in [-0.25, -0.2) is 0 Å². The molecule has 1 rings (SSSR count). The zero-order chi connectivity index (χ0) is 10.9. The number of rotatable bonds is 6. The van der Waals surface area contributed by atoms with Crippen LogP contribution in [0.4, 0.5) is 0 Å². The maximum Gasteiger partial charge on any atom is 0.149 e. The number of hydrogen-bond acceptors (Lipinski definition) is 1. The van der Waals surface area contributed by atoms with Crippen LogP contribution in [-0.2, 0) is 4.79 Å². The van der Waals surface area contributed by atoms with Crippen molar-refractivity contribution in [3.05, 3.63) is 36.0 Å². The molecule has 1 aliphatic rings. The van der Waals surface area contributed by atoms with E-state index in [1.165, 1.54) is 24.8 Å². The summed E-state index contributed by atoms with van der Waals surface area (Å²) in [5.41, 5.74) is 2.18. The molecule has 0 aromatic heterocycles. The molecule has 15 heavy (non-hydrogen) atoms. The minimum Gasteiger partial charge on any atom is -0.298 e. The van der Waals surface area contributed by atoms with Crippen LogP contribution in [-0.4, -0.2) is 6.29 Å². The molecule has 82 valence electrons. The molecule has 0 N–H and O–H groups in total. The summed E-state index contributed by atoms with van der Waals surface area (Å²) in [6.45, 7) is 3.70. The molecule has 0 amide bonds. The predicted octanol–water partition coefficient (Wildman–Crippen LogP) is 3.97. The van der Waals surface area contributed by atoms with E-state index < -0.39 is 0 Å². The average molecular weight is 204 g/mol. The molecule has 0 bridgehead atoms. The van der Waals surface area contributed by atoms with Crippen LogP contribution in [0.3, 0.4) is 0 Å². The van der Waals surface area contributed by atoms with Crippen molar-refractivity contribution in [2.24, 2.45) is 0 Å². The van der Waals surface area contributed by atoms with Gasteiger partial charge < -0.3 is 0 Å². The zero-order valence-corrected chi connectivity index (χ0v) is 9.37. The number of carbonyl (C=O) groups is 1. The Labute approximate surface area is 92.6 Å². The van der Waals surface area contributed by atoms with Gasteiger partial charge in [-0.2, -0.15) is 0 Å². The van der Waals surface area contributed by atoms with E-state index in [0.29, 0.717) is 0 Å². The second kappa shape index (κ2) is 7.22. The second-order valence-electron chi connectivity index (χ2n) is 3.97. The Balaban J connectivity index is 2.36. The van der Waals surface area contributed by atoms with E-state index in [2.05, 4.69) is 18.7 Å². The molecule has 0 heterocycles. The summed E-state index contributed by atoms with van der Waals surface area (Å²) in [5.74, 6) is 0. The van der Waals surface area contributed by atoms with Crippen molar-refractivity contribution >= 4 is 6.29 Å². The van der Waals surface area contributed by atoms with Crippen molar-refractivity contribution in [2.75, 3.05) is 0 Å². The van der Waals surface area contributed by atoms with Crippen LogP contribution in [0.15, 0.2) is 36.0 Å². The summed E-state index contributed by atoms with van der Waals surface area (Å²) in [4.78, 5) is 10.8. The standard InChI is InChI=1S/C14H20O/c1-2-3-4-5-6-9-13-10-7-8-11-14(13)12-15/h2,9,11-12H,1,3-8,10H2/b13-9+. The Morgan fingerprint density at radius 3 is 2.87 bits per heavy atom. The smallest absolute Gasteiger partial charge is 0.149 e. The van der Waals surface area contributed by atoms with Gasteiger partial charge in [0.2, 0.25) is 0 Å². The van der Waals surface area contributed by atoms with E-state index in [-0.39, 0.29) is 0 Å². The van der Waals surface area contributed by atoms with Gasteiger partial charge in [-0.1, -0.05) is 18.2 Å². The molecule has 0 unspecified atom stereocenters. The third kappa shape index (κ3) is 4.28. The van der Waals surface area contributed by atoms with Gasteiger partial charge in [0.15, 0.2) is 0 Å². The number of hydrogen-bond donors (Lipinski definition) is 0. The van der Waals surface area contributed by atoms with E-state index in [4.69, 9.17) is 0 Å². The van der Waals surface area contributed by atoms with Gasteiger partial charge in [0.25, 0.3) is 0 Å². The molecule has 1 nitrogen and oxygen atoms in total. The van der Waals surface area contributed by atoms with E-state index in [1.807, 2.05) is 6.08 Å². The van der Waals surface area contributed by atoms with Crippen LogP contribution in [0.5, 0.6) is 0 Å². The highest BCUT2D eigenvalue weighted by Gasteiger charge is 2.07. The summed E-state index contributed by atoms with van der Waals surface area (Å²) < 4.78 is 0. The fraction of sp³-hybridized carbons (Fsp3) is 0.500. The lowest BCUT2D eigenvalue weighted by atomic mass is 9.93. The van der Waals surface area contributed by atoms with Crippen molar-refractivity contribution in [3.8, 4) is 0 Å². The maximum absolute atomic E-state index is 10.8. The summed E-state index contributed by atoms with van der Waals surface area (Å²) in [6, 6.07) is 0.